The molecule has 0 amide bonds. The number of aromatic nitrogens is 1. The number of nitrogens with one attached hydrogen (secondary N) is 1. The highest BCUT2D eigenvalue weighted by Gasteiger charge is 2.28. The number of halogens is 1. The van der Waals surface area contributed by atoms with Gasteiger partial charge in [-0.15, -0.1) is 11.6 Å². The van der Waals surface area contributed by atoms with E-state index in [0.717, 1.165) is 19.0 Å². The molecule has 0 radical (unpaired) electrons. The summed E-state index contributed by atoms with van der Waals surface area (Å²) in [5, 5.41) is 3.66. The van der Waals surface area contributed by atoms with Gasteiger partial charge in [0.15, 0.2) is 0 Å². The summed E-state index contributed by atoms with van der Waals surface area (Å²) in [4.78, 5) is 4.06. The summed E-state index contributed by atoms with van der Waals surface area (Å²) in [5.74, 6) is 0.762. The third kappa shape index (κ3) is 2.96. The van der Waals surface area contributed by atoms with Crippen LogP contribution in [0.4, 0.5) is 0 Å². The normalized spacial score (nSPS) is 18.1. The van der Waals surface area contributed by atoms with Crippen LogP contribution in [-0.2, 0) is 6.54 Å². The van der Waals surface area contributed by atoms with Crippen molar-refractivity contribution in [2.24, 2.45) is 5.92 Å². The lowest BCUT2D eigenvalue weighted by Gasteiger charge is -2.08. The van der Waals surface area contributed by atoms with E-state index in [1.807, 2.05) is 12.3 Å². The predicted molar refractivity (Wildman–Crippen MR) is 58.3 cm³/mol. The van der Waals surface area contributed by atoms with Gasteiger partial charge in [0.1, 0.15) is 0 Å². The number of nitrogens with zero attached hydrogens (tertiary/aromatic N) is 1. The average Bonchev–Trinajstić information content (AvgIpc) is 3.02. The Morgan fingerprint density at radius 1 is 1.57 bits per heavy atom. The van der Waals surface area contributed by atoms with E-state index >= 15 is 0 Å². The van der Waals surface area contributed by atoms with Crippen LogP contribution in [-0.4, -0.2) is 16.9 Å². The summed E-state index contributed by atoms with van der Waals surface area (Å²) in [6.45, 7) is 1.77. The van der Waals surface area contributed by atoms with Gasteiger partial charge in [0.2, 0.25) is 0 Å². The van der Waals surface area contributed by atoms with Crippen molar-refractivity contribution in [2.75, 3.05) is 6.54 Å². The SMILES string of the molecule is ClC(CNCc1cccnc1)C1CC1. The van der Waals surface area contributed by atoms with Gasteiger partial charge in [-0.1, -0.05) is 6.07 Å². The fraction of sp³-hybridized carbons (Fsp3) is 0.545. The quantitative estimate of drug-likeness (QED) is 0.754. The molecule has 1 unspecified atom stereocenters. The predicted octanol–water partition coefficient (Wildman–Crippen LogP) is 2.19. The third-order valence-electron chi connectivity index (χ3n) is 2.52. The van der Waals surface area contributed by atoms with Crippen molar-refractivity contribution in [3.05, 3.63) is 30.1 Å². The van der Waals surface area contributed by atoms with Gasteiger partial charge in [-0.3, -0.25) is 4.98 Å². The lowest BCUT2D eigenvalue weighted by molar-refractivity contribution is 0.619. The molecule has 14 heavy (non-hydrogen) atoms. The van der Waals surface area contributed by atoms with Gasteiger partial charge in [-0.2, -0.15) is 0 Å². The van der Waals surface area contributed by atoms with Crippen LogP contribution in [0.25, 0.3) is 0 Å². The number of hydrogen-bond acceptors (Lipinski definition) is 2. The van der Waals surface area contributed by atoms with E-state index in [1.54, 1.807) is 6.20 Å². The molecule has 1 fully saturated rings. The van der Waals surface area contributed by atoms with E-state index in [0.29, 0.717) is 5.38 Å². The van der Waals surface area contributed by atoms with Gasteiger partial charge in [0, 0.05) is 30.9 Å². The summed E-state index contributed by atoms with van der Waals surface area (Å²) in [6.07, 6.45) is 6.29. The maximum Gasteiger partial charge on any atom is 0.0488 e. The molecule has 1 aromatic rings. The maximum absolute atomic E-state index is 6.17. The summed E-state index contributed by atoms with van der Waals surface area (Å²) < 4.78 is 0. The van der Waals surface area contributed by atoms with Gasteiger partial charge < -0.3 is 5.32 Å². The lowest BCUT2D eigenvalue weighted by Crippen LogP contribution is -2.24. The molecule has 0 aromatic carbocycles. The van der Waals surface area contributed by atoms with Crippen molar-refractivity contribution in [1.29, 1.82) is 0 Å². The zero-order valence-corrected chi connectivity index (χ0v) is 8.87. The molecule has 0 spiro atoms. The van der Waals surface area contributed by atoms with Crippen molar-refractivity contribution >= 4 is 11.6 Å². The molecule has 1 saturated carbocycles. The molecule has 1 heterocycles. The highest BCUT2D eigenvalue weighted by atomic mass is 35.5. The third-order valence-corrected chi connectivity index (χ3v) is 3.04. The Bertz CT molecular complexity index is 272. The molecular weight excluding hydrogens is 196 g/mol. The van der Waals surface area contributed by atoms with Crippen LogP contribution in [0.1, 0.15) is 18.4 Å². The second kappa shape index (κ2) is 4.76. The minimum Gasteiger partial charge on any atom is -0.311 e. The second-order valence-corrected chi connectivity index (χ2v) is 4.41. The number of rotatable bonds is 5. The van der Waals surface area contributed by atoms with Crippen LogP contribution in [0, 0.1) is 5.92 Å². The Labute approximate surface area is 89.7 Å². The fourth-order valence-electron chi connectivity index (χ4n) is 1.48. The van der Waals surface area contributed by atoms with Crippen molar-refractivity contribution in [1.82, 2.24) is 10.3 Å². The molecule has 1 aromatic heterocycles. The van der Waals surface area contributed by atoms with Gasteiger partial charge in [0.05, 0.1) is 0 Å². The number of alkyl halides is 1. The van der Waals surface area contributed by atoms with Crippen molar-refractivity contribution in [3.8, 4) is 0 Å². The van der Waals surface area contributed by atoms with E-state index in [9.17, 15) is 0 Å². The monoisotopic (exact) mass is 210 g/mol. The Hall–Kier alpha value is -0.600. The van der Waals surface area contributed by atoms with E-state index in [1.165, 1.54) is 18.4 Å². The van der Waals surface area contributed by atoms with Crippen LogP contribution < -0.4 is 5.32 Å². The molecule has 1 N–H and O–H groups in total. The Balaban J connectivity index is 1.67. The first-order chi connectivity index (χ1) is 6.86. The van der Waals surface area contributed by atoms with E-state index in [2.05, 4.69) is 16.4 Å². The van der Waals surface area contributed by atoms with E-state index in [-0.39, 0.29) is 0 Å². The highest BCUT2D eigenvalue weighted by Crippen LogP contribution is 2.35. The van der Waals surface area contributed by atoms with E-state index < -0.39 is 0 Å². The topological polar surface area (TPSA) is 24.9 Å². The molecule has 1 aliphatic rings. The molecule has 3 heteroatoms. The second-order valence-electron chi connectivity index (χ2n) is 3.85. The van der Waals surface area contributed by atoms with E-state index in [4.69, 9.17) is 11.6 Å². The molecule has 0 bridgehead atoms. The van der Waals surface area contributed by atoms with Gasteiger partial charge in [-0.25, -0.2) is 0 Å². The van der Waals surface area contributed by atoms with Gasteiger partial charge in [-0.05, 0) is 30.4 Å². The molecule has 2 nitrogen and oxygen atoms in total. The fourth-order valence-corrected chi connectivity index (χ4v) is 1.84. The van der Waals surface area contributed by atoms with Gasteiger partial charge in [0.25, 0.3) is 0 Å². The lowest BCUT2D eigenvalue weighted by atomic mass is 10.2. The summed E-state index contributed by atoms with van der Waals surface area (Å²) in [5.41, 5.74) is 1.21. The number of pyridine rings is 1. The van der Waals surface area contributed by atoms with Crippen LogP contribution in [0.15, 0.2) is 24.5 Å². The number of hydrogen-bond donors (Lipinski definition) is 1. The minimum atomic E-state index is 0.312. The zero-order valence-electron chi connectivity index (χ0n) is 8.12. The van der Waals surface area contributed by atoms with Crippen molar-refractivity contribution < 1.29 is 0 Å². The molecule has 0 aliphatic heterocycles. The summed E-state index contributed by atoms with van der Waals surface area (Å²) in [6, 6.07) is 4.02. The zero-order chi connectivity index (χ0) is 9.80. The van der Waals surface area contributed by atoms with Gasteiger partial charge >= 0.3 is 0 Å². The molecule has 1 aliphatic carbocycles. The smallest absolute Gasteiger partial charge is 0.0488 e. The minimum absolute atomic E-state index is 0.312. The Kier molecular flexibility index (Phi) is 3.38. The Morgan fingerprint density at radius 3 is 3.07 bits per heavy atom. The molecule has 0 saturated heterocycles. The molecule has 1 atom stereocenters. The molecule has 2 rings (SSSR count). The molecule has 76 valence electrons. The van der Waals surface area contributed by atoms with Crippen LogP contribution in [0.5, 0.6) is 0 Å². The first-order valence-corrected chi connectivity index (χ1v) is 5.53. The van der Waals surface area contributed by atoms with Crippen LogP contribution >= 0.6 is 11.6 Å². The maximum atomic E-state index is 6.17. The Morgan fingerprint density at radius 2 is 2.43 bits per heavy atom. The highest BCUT2D eigenvalue weighted by molar-refractivity contribution is 6.21. The largest absolute Gasteiger partial charge is 0.311 e. The first kappa shape index (κ1) is 9.94. The first-order valence-electron chi connectivity index (χ1n) is 5.10. The summed E-state index contributed by atoms with van der Waals surface area (Å²) in [7, 11) is 0. The van der Waals surface area contributed by atoms with Crippen molar-refractivity contribution in [3.63, 3.8) is 0 Å². The average molecular weight is 211 g/mol. The van der Waals surface area contributed by atoms with Crippen LogP contribution in [0.2, 0.25) is 0 Å². The molecular formula is C11H15ClN2. The summed E-state index contributed by atoms with van der Waals surface area (Å²) >= 11 is 6.17. The standard InChI is InChI=1S/C11H15ClN2/c12-11(10-3-4-10)8-14-7-9-2-1-5-13-6-9/h1-2,5-6,10-11,14H,3-4,7-8H2. The van der Waals surface area contributed by atoms with Crippen molar-refractivity contribution in [2.45, 2.75) is 24.8 Å². The van der Waals surface area contributed by atoms with Crippen LogP contribution in [0.3, 0.4) is 0 Å².